The van der Waals surface area contributed by atoms with Crippen LogP contribution in [0.4, 0.5) is 10.8 Å². The largest absolute Gasteiger partial charge is 0.369 e. The molecule has 32 heavy (non-hydrogen) atoms. The van der Waals surface area contributed by atoms with Crippen LogP contribution in [0.2, 0.25) is 5.02 Å². The number of anilines is 1. The molecule has 2 aromatic carbocycles. The molecular weight excluding hydrogens is 476 g/mol. The van der Waals surface area contributed by atoms with Crippen LogP contribution in [-0.4, -0.2) is 36.4 Å². The van der Waals surface area contributed by atoms with Crippen molar-refractivity contribution in [3.8, 4) is 10.6 Å². The van der Waals surface area contributed by atoms with Crippen LogP contribution >= 0.6 is 22.9 Å². The number of carbonyl (C=O) groups excluding carboxylic acids is 1. The van der Waals surface area contributed by atoms with E-state index in [2.05, 4.69) is 30.2 Å². The molecule has 1 amide bonds. The van der Waals surface area contributed by atoms with Crippen molar-refractivity contribution in [2.75, 3.05) is 5.32 Å². The monoisotopic (exact) mass is 492 g/mol. The molecule has 0 aliphatic carbocycles. The number of nitrogens with zero attached hydrogens (tertiary/aromatic N) is 4. The second kappa shape index (κ2) is 9.72. The summed E-state index contributed by atoms with van der Waals surface area (Å²) < 4.78 is 28.3. The highest BCUT2D eigenvalue weighted by atomic mass is 35.5. The number of halogens is 1. The molecule has 0 aliphatic heterocycles. The lowest BCUT2D eigenvalue weighted by atomic mass is 10.2. The number of nitrogens with one attached hydrogen (secondary N) is 2. The van der Waals surface area contributed by atoms with Crippen LogP contribution in [0.5, 0.6) is 0 Å². The molecule has 0 saturated carbocycles. The summed E-state index contributed by atoms with van der Waals surface area (Å²) in [4.78, 5) is 14.9. The average Bonchev–Trinajstić information content (AvgIpc) is 3.15. The van der Waals surface area contributed by atoms with Crippen LogP contribution in [0.25, 0.3) is 10.6 Å². The first kappa shape index (κ1) is 23.1. The Hall–Kier alpha value is -3.55. The van der Waals surface area contributed by atoms with Crippen molar-refractivity contribution in [1.82, 2.24) is 15.5 Å². The average molecular weight is 493 g/mol. The summed E-state index contributed by atoms with van der Waals surface area (Å²) in [5.41, 5.74) is 12.6. The number of guanidine groups is 2. The van der Waals surface area contributed by atoms with E-state index in [1.807, 2.05) is 6.07 Å². The number of hydrogen-bond acceptors (Lipinski definition) is 7. The molecule has 11 nitrogen and oxygen atoms in total. The number of carbonyl (C=O) groups is 1. The second-order valence-corrected chi connectivity index (χ2v) is 9.12. The summed E-state index contributed by atoms with van der Waals surface area (Å²) in [6.45, 7) is 1.34. The van der Waals surface area contributed by atoms with Crippen LogP contribution in [0.1, 0.15) is 6.92 Å². The normalized spacial score (nSPS) is 12.4. The first-order valence-electron chi connectivity index (χ1n) is 8.82. The van der Waals surface area contributed by atoms with Crippen molar-refractivity contribution in [3.05, 3.63) is 53.6 Å². The SMILES string of the molecule is CC(=O)Nc1ccc(S(=O)(=O)/N=C(/N)N/C(N)=N/c2nnc(-c3ccccc3Cl)s2)cc1. The number of hydrogen-bond donors (Lipinski definition) is 4. The van der Waals surface area contributed by atoms with Gasteiger partial charge in [0.05, 0.1) is 9.92 Å². The first-order chi connectivity index (χ1) is 15.1. The lowest BCUT2D eigenvalue weighted by Gasteiger charge is -2.05. The van der Waals surface area contributed by atoms with Gasteiger partial charge in [0.1, 0.15) is 0 Å². The molecule has 166 valence electrons. The van der Waals surface area contributed by atoms with Crippen LogP contribution in [-0.2, 0) is 14.8 Å². The van der Waals surface area contributed by atoms with Crippen LogP contribution < -0.4 is 22.1 Å². The maximum absolute atomic E-state index is 12.4. The van der Waals surface area contributed by atoms with Gasteiger partial charge in [0.15, 0.2) is 5.01 Å². The zero-order chi connectivity index (χ0) is 23.3. The fraction of sp³-hybridized carbons (Fsp3) is 0.0556. The maximum Gasteiger partial charge on any atom is 0.285 e. The summed E-state index contributed by atoms with van der Waals surface area (Å²) in [6, 6.07) is 12.5. The zero-order valence-electron chi connectivity index (χ0n) is 16.5. The first-order valence-corrected chi connectivity index (χ1v) is 11.5. The third-order valence-corrected chi connectivity index (χ3v) is 6.17. The molecule has 0 radical (unpaired) electrons. The Kier molecular flexibility index (Phi) is 7.02. The number of amides is 1. The minimum absolute atomic E-state index is 0.125. The molecule has 6 N–H and O–H groups in total. The smallest absolute Gasteiger partial charge is 0.285 e. The van der Waals surface area contributed by atoms with Crippen LogP contribution in [0, 0.1) is 0 Å². The van der Waals surface area contributed by atoms with Gasteiger partial charge in [0.25, 0.3) is 10.0 Å². The van der Waals surface area contributed by atoms with Gasteiger partial charge in [0.2, 0.25) is 23.0 Å². The minimum Gasteiger partial charge on any atom is -0.369 e. The van der Waals surface area contributed by atoms with Gasteiger partial charge in [-0.25, -0.2) is 0 Å². The molecular formula is C18H17ClN8O3S2. The fourth-order valence-electron chi connectivity index (χ4n) is 2.38. The quantitative estimate of drug-likeness (QED) is 0.308. The van der Waals surface area contributed by atoms with Gasteiger partial charge in [0, 0.05) is 18.2 Å². The molecule has 0 fully saturated rings. The summed E-state index contributed by atoms with van der Waals surface area (Å²) >= 11 is 7.27. The standard InChI is InChI=1S/C18H17ClN8O3S2/c1-10(28)22-11-6-8-12(9-7-11)32(29,30)27-17(21)23-16(20)24-18-26-25-15(31-18)13-4-2-3-5-14(13)19/h2-9H,1H3,(H,22,28)(H5,20,21,23,24,26,27). The van der Waals surface area contributed by atoms with E-state index in [1.165, 1.54) is 31.2 Å². The minimum atomic E-state index is -4.12. The third-order valence-electron chi connectivity index (χ3n) is 3.68. The van der Waals surface area contributed by atoms with E-state index < -0.39 is 16.0 Å². The third kappa shape index (κ3) is 6.00. The molecule has 1 heterocycles. The van der Waals surface area contributed by atoms with Gasteiger partial charge >= 0.3 is 0 Å². The Labute approximate surface area is 192 Å². The number of rotatable bonds is 5. The molecule has 3 aromatic rings. The van der Waals surface area contributed by atoms with E-state index in [0.717, 1.165) is 11.3 Å². The molecule has 0 unspecified atom stereocenters. The number of sulfonamides is 1. The van der Waals surface area contributed by atoms with Crippen molar-refractivity contribution < 1.29 is 13.2 Å². The fourth-order valence-corrected chi connectivity index (χ4v) is 4.32. The Morgan fingerprint density at radius 2 is 1.75 bits per heavy atom. The highest BCUT2D eigenvalue weighted by Crippen LogP contribution is 2.32. The van der Waals surface area contributed by atoms with Crippen LogP contribution in [0.3, 0.4) is 0 Å². The Morgan fingerprint density at radius 3 is 2.41 bits per heavy atom. The van der Waals surface area contributed by atoms with E-state index in [0.29, 0.717) is 21.3 Å². The van der Waals surface area contributed by atoms with Gasteiger partial charge in [-0.15, -0.1) is 14.6 Å². The number of benzene rings is 2. The maximum atomic E-state index is 12.4. The van der Waals surface area contributed by atoms with Crippen molar-refractivity contribution in [2.45, 2.75) is 11.8 Å². The molecule has 14 heteroatoms. The molecule has 0 spiro atoms. The second-order valence-electron chi connectivity index (χ2n) is 6.15. The van der Waals surface area contributed by atoms with Crippen molar-refractivity contribution in [3.63, 3.8) is 0 Å². The van der Waals surface area contributed by atoms with Gasteiger partial charge in [-0.05, 0) is 30.3 Å². The van der Waals surface area contributed by atoms with Gasteiger partial charge in [-0.2, -0.15) is 13.4 Å². The van der Waals surface area contributed by atoms with E-state index in [4.69, 9.17) is 23.1 Å². The molecule has 0 saturated heterocycles. The zero-order valence-corrected chi connectivity index (χ0v) is 18.9. The van der Waals surface area contributed by atoms with E-state index in [-0.39, 0.29) is 21.9 Å². The van der Waals surface area contributed by atoms with Crippen LogP contribution in [0.15, 0.2) is 62.8 Å². The summed E-state index contributed by atoms with van der Waals surface area (Å²) in [5, 5.41) is 14.1. The summed E-state index contributed by atoms with van der Waals surface area (Å²) in [5.74, 6) is -1.01. The Morgan fingerprint density at radius 1 is 1.06 bits per heavy atom. The van der Waals surface area contributed by atoms with Gasteiger partial charge < -0.3 is 16.8 Å². The van der Waals surface area contributed by atoms with Crippen molar-refractivity contribution >= 4 is 61.6 Å². The van der Waals surface area contributed by atoms with E-state index in [1.54, 1.807) is 18.2 Å². The highest BCUT2D eigenvalue weighted by molar-refractivity contribution is 7.90. The molecule has 0 bridgehead atoms. The molecule has 1 aromatic heterocycles. The van der Waals surface area contributed by atoms with E-state index >= 15 is 0 Å². The van der Waals surface area contributed by atoms with Gasteiger partial charge in [-0.3, -0.25) is 10.1 Å². The topological polar surface area (TPSA) is 178 Å². The lowest BCUT2D eigenvalue weighted by molar-refractivity contribution is -0.114. The molecule has 0 aliphatic rings. The molecule has 0 atom stereocenters. The van der Waals surface area contributed by atoms with Crippen molar-refractivity contribution in [1.29, 1.82) is 0 Å². The van der Waals surface area contributed by atoms with Gasteiger partial charge in [-0.1, -0.05) is 41.1 Å². The predicted molar refractivity (Wildman–Crippen MR) is 124 cm³/mol. The molecule has 3 rings (SSSR count). The lowest BCUT2D eigenvalue weighted by Crippen LogP contribution is -2.41. The van der Waals surface area contributed by atoms with E-state index in [9.17, 15) is 13.2 Å². The Balaban J connectivity index is 1.72. The van der Waals surface area contributed by atoms with Crippen molar-refractivity contribution in [2.24, 2.45) is 20.9 Å². The predicted octanol–water partition coefficient (Wildman–Crippen LogP) is 2.06. The Bertz CT molecular complexity index is 1300. The highest BCUT2D eigenvalue weighted by Gasteiger charge is 2.15. The number of aliphatic imine (C=N–C) groups is 1. The summed E-state index contributed by atoms with van der Waals surface area (Å²) in [6.07, 6.45) is 0. The summed E-state index contributed by atoms with van der Waals surface area (Å²) in [7, 11) is -4.12. The number of aromatic nitrogens is 2. The number of nitrogens with two attached hydrogens (primary N) is 2.